The fraction of sp³-hybridized carbons (Fsp3) is 0.455. The largest absolute Gasteiger partial charge is 0.369 e. The molecule has 0 saturated carbocycles. The molecule has 0 fully saturated rings. The molecule has 0 bridgehead atoms. The summed E-state index contributed by atoms with van der Waals surface area (Å²) in [6.07, 6.45) is 5.99. The Morgan fingerprint density at radius 2 is 2.38 bits per heavy atom. The van der Waals surface area contributed by atoms with Crippen LogP contribution in [0.2, 0.25) is 0 Å². The lowest BCUT2D eigenvalue weighted by Crippen LogP contribution is -2.07. The van der Waals surface area contributed by atoms with Gasteiger partial charge >= 0.3 is 0 Å². The third-order valence-electron chi connectivity index (χ3n) is 1.80. The van der Waals surface area contributed by atoms with E-state index in [0.29, 0.717) is 0 Å². The number of terminal acetylenes is 1. The summed E-state index contributed by atoms with van der Waals surface area (Å²) in [4.78, 5) is 8.61. The van der Waals surface area contributed by atoms with Crippen LogP contribution in [-0.2, 0) is 6.42 Å². The Kier molecular flexibility index (Phi) is 6.27. The molecule has 0 saturated heterocycles. The number of hydrogen-bond acceptors (Lipinski definition) is 4. The second-order valence-corrected chi connectivity index (χ2v) is 4.95. The first-order valence-corrected chi connectivity index (χ1v) is 6.99. The van der Waals surface area contributed by atoms with E-state index in [4.69, 9.17) is 6.42 Å². The van der Waals surface area contributed by atoms with E-state index in [0.717, 1.165) is 40.7 Å². The van der Waals surface area contributed by atoms with E-state index in [2.05, 4.69) is 37.1 Å². The summed E-state index contributed by atoms with van der Waals surface area (Å²) in [6.45, 7) is 2.90. The summed E-state index contributed by atoms with van der Waals surface area (Å²) in [5, 5.41) is 3.25. The Morgan fingerprint density at radius 1 is 1.56 bits per heavy atom. The second-order valence-electron chi connectivity index (χ2n) is 3.03. The van der Waals surface area contributed by atoms with Crippen molar-refractivity contribution >= 4 is 33.5 Å². The number of rotatable bonds is 6. The van der Waals surface area contributed by atoms with E-state index in [9.17, 15) is 0 Å². The topological polar surface area (TPSA) is 37.8 Å². The lowest BCUT2D eigenvalue weighted by molar-refractivity contribution is 0.925. The number of aryl methyl sites for hydroxylation is 1. The number of nitrogens with one attached hydrogen (secondary N) is 1. The third-order valence-corrected chi connectivity index (χ3v) is 3.07. The maximum atomic E-state index is 5.16. The van der Waals surface area contributed by atoms with E-state index in [1.807, 2.05) is 13.0 Å². The number of hydrogen-bond donors (Lipinski definition) is 1. The normalized spacial score (nSPS) is 9.81. The van der Waals surface area contributed by atoms with Gasteiger partial charge in [0.2, 0.25) is 0 Å². The summed E-state index contributed by atoms with van der Waals surface area (Å²) >= 11 is 5.10. The number of anilines is 1. The van der Waals surface area contributed by atoms with Crippen LogP contribution in [-0.4, -0.2) is 28.0 Å². The summed E-state index contributed by atoms with van der Waals surface area (Å²) < 4.78 is 0.818. The lowest BCUT2D eigenvalue weighted by Gasteiger charge is -2.06. The number of nitrogens with zero attached hydrogens (tertiary/aromatic N) is 2. The van der Waals surface area contributed by atoms with Crippen molar-refractivity contribution < 1.29 is 0 Å². The number of halogens is 1. The van der Waals surface area contributed by atoms with Gasteiger partial charge < -0.3 is 5.32 Å². The molecule has 0 atom stereocenters. The SMILES string of the molecule is C#CCSCCNc1cc(Br)nc(CC)n1. The quantitative estimate of drug-likeness (QED) is 0.498. The molecule has 1 rings (SSSR count). The molecule has 1 heterocycles. The molecule has 0 aliphatic rings. The van der Waals surface area contributed by atoms with Crippen molar-refractivity contribution in [2.45, 2.75) is 13.3 Å². The molecule has 0 aromatic carbocycles. The van der Waals surface area contributed by atoms with Crippen LogP contribution in [0.1, 0.15) is 12.7 Å². The molecule has 0 spiro atoms. The van der Waals surface area contributed by atoms with Gasteiger partial charge in [0.15, 0.2) is 0 Å². The first-order valence-electron chi connectivity index (χ1n) is 5.04. The van der Waals surface area contributed by atoms with Crippen LogP contribution in [0.25, 0.3) is 0 Å². The smallest absolute Gasteiger partial charge is 0.131 e. The van der Waals surface area contributed by atoms with Gasteiger partial charge in [-0.05, 0) is 15.9 Å². The van der Waals surface area contributed by atoms with Crippen molar-refractivity contribution in [1.29, 1.82) is 0 Å². The molecule has 1 aromatic heterocycles. The van der Waals surface area contributed by atoms with Gasteiger partial charge in [0.25, 0.3) is 0 Å². The zero-order valence-electron chi connectivity index (χ0n) is 9.16. The van der Waals surface area contributed by atoms with Crippen LogP contribution in [0.15, 0.2) is 10.7 Å². The van der Waals surface area contributed by atoms with Crippen LogP contribution in [0.3, 0.4) is 0 Å². The average molecular weight is 300 g/mol. The summed E-state index contributed by atoms with van der Waals surface area (Å²) in [6, 6.07) is 1.88. The maximum Gasteiger partial charge on any atom is 0.131 e. The minimum absolute atomic E-state index is 0.759. The van der Waals surface area contributed by atoms with Crippen molar-refractivity contribution in [3.05, 3.63) is 16.5 Å². The van der Waals surface area contributed by atoms with E-state index < -0.39 is 0 Å². The molecule has 16 heavy (non-hydrogen) atoms. The summed E-state index contributed by atoms with van der Waals surface area (Å²) in [5.41, 5.74) is 0. The van der Waals surface area contributed by atoms with Crippen LogP contribution < -0.4 is 5.32 Å². The fourth-order valence-corrected chi connectivity index (χ4v) is 2.03. The summed E-state index contributed by atoms with van der Waals surface area (Å²) in [7, 11) is 0. The van der Waals surface area contributed by atoms with Crippen LogP contribution in [0.4, 0.5) is 5.82 Å². The number of aromatic nitrogens is 2. The Balaban J connectivity index is 2.41. The standard InChI is InChI=1S/C11H14BrN3S/c1-3-6-16-7-5-13-11-8-9(12)14-10(4-2)15-11/h1,8H,4-7H2,2H3,(H,13,14,15). The Labute approximate surface area is 109 Å². The lowest BCUT2D eigenvalue weighted by atomic mass is 10.4. The highest BCUT2D eigenvalue weighted by molar-refractivity contribution is 9.10. The first kappa shape index (κ1) is 13.3. The van der Waals surface area contributed by atoms with E-state index in [1.165, 1.54) is 0 Å². The molecule has 5 heteroatoms. The van der Waals surface area contributed by atoms with Crippen molar-refractivity contribution in [2.24, 2.45) is 0 Å². The Hall–Kier alpha value is -0.730. The van der Waals surface area contributed by atoms with E-state index >= 15 is 0 Å². The molecule has 0 amide bonds. The molecule has 1 N–H and O–H groups in total. The zero-order chi connectivity index (χ0) is 11.8. The molecular formula is C11H14BrN3S. The molecule has 0 aliphatic heterocycles. The maximum absolute atomic E-state index is 5.16. The van der Waals surface area contributed by atoms with Gasteiger partial charge in [0.05, 0.1) is 5.75 Å². The minimum Gasteiger partial charge on any atom is -0.369 e. The number of thioether (sulfide) groups is 1. The van der Waals surface area contributed by atoms with Gasteiger partial charge in [-0.25, -0.2) is 9.97 Å². The highest BCUT2D eigenvalue weighted by atomic mass is 79.9. The minimum atomic E-state index is 0.759. The fourth-order valence-electron chi connectivity index (χ4n) is 1.10. The molecule has 1 aromatic rings. The van der Waals surface area contributed by atoms with E-state index in [-0.39, 0.29) is 0 Å². The predicted octanol–water partition coefficient (Wildman–Crippen LogP) is 2.58. The van der Waals surface area contributed by atoms with Crippen molar-refractivity contribution in [3.63, 3.8) is 0 Å². The van der Waals surface area contributed by atoms with Gasteiger partial charge in [-0.2, -0.15) is 0 Å². The molecule has 0 radical (unpaired) electrons. The van der Waals surface area contributed by atoms with Gasteiger partial charge in [-0.1, -0.05) is 12.8 Å². The molecule has 0 unspecified atom stereocenters. The molecule has 0 aliphatic carbocycles. The van der Waals surface area contributed by atoms with E-state index in [1.54, 1.807) is 11.8 Å². The zero-order valence-corrected chi connectivity index (χ0v) is 11.6. The molecular weight excluding hydrogens is 286 g/mol. The van der Waals surface area contributed by atoms with Gasteiger partial charge in [-0.3, -0.25) is 0 Å². The van der Waals surface area contributed by atoms with Gasteiger partial charge in [0.1, 0.15) is 16.2 Å². The van der Waals surface area contributed by atoms with Crippen molar-refractivity contribution in [3.8, 4) is 12.3 Å². The van der Waals surface area contributed by atoms with Crippen LogP contribution >= 0.6 is 27.7 Å². The Bertz CT molecular complexity index is 376. The summed E-state index contributed by atoms with van der Waals surface area (Å²) in [5.74, 6) is 6.04. The van der Waals surface area contributed by atoms with Gasteiger partial charge in [-0.15, -0.1) is 18.2 Å². The van der Waals surface area contributed by atoms with Crippen molar-refractivity contribution in [2.75, 3.05) is 23.4 Å². The van der Waals surface area contributed by atoms with Crippen LogP contribution in [0, 0.1) is 12.3 Å². The molecule has 3 nitrogen and oxygen atoms in total. The predicted molar refractivity (Wildman–Crippen MR) is 73.8 cm³/mol. The van der Waals surface area contributed by atoms with Crippen LogP contribution in [0.5, 0.6) is 0 Å². The van der Waals surface area contributed by atoms with Crippen molar-refractivity contribution in [1.82, 2.24) is 9.97 Å². The highest BCUT2D eigenvalue weighted by Crippen LogP contribution is 2.12. The average Bonchev–Trinajstić information content (AvgIpc) is 2.28. The Morgan fingerprint density at radius 3 is 3.06 bits per heavy atom. The highest BCUT2D eigenvalue weighted by Gasteiger charge is 2.00. The second kappa shape index (κ2) is 7.53. The third kappa shape index (κ3) is 4.86. The first-order chi connectivity index (χ1) is 7.76. The van der Waals surface area contributed by atoms with Gasteiger partial charge in [0, 0.05) is 24.8 Å². The monoisotopic (exact) mass is 299 g/mol. The molecule has 86 valence electrons.